The van der Waals surface area contributed by atoms with Crippen LogP contribution in [-0.4, -0.2) is 23.6 Å². The Morgan fingerprint density at radius 1 is 1.33 bits per heavy atom. The third-order valence-corrected chi connectivity index (χ3v) is 4.12. The third kappa shape index (κ3) is 3.01. The molecule has 0 aliphatic heterocycles. The van der Waals surface area contributed by atoms with Crippen LogP contribution in [0.15, 0.2) is 4.47 Å². The molecular weight excluding hydrogens is 294 g/mol. The Balaban J connectivity index is 2.30. The van der Waals surface area contributed by atoms with E-state index in [1.807, 2.05) is 14.0 Å². The van der Waals surface area contributed by atoms with Crippen molar-refractivity contribution in [2.75, 3.05) is 19.0 Å². The van der Waals surface area contributed by atoms with Crippen molar-refractivity contribution in [3.8, 4) is 0 Å². The van der Waals surface area contributed by atoms with Crippen molar-refractivity contribution in [2.24, 2.45) is 0 Å². The molecule has 0 radical (unpaired) electrons. The van der Waals surface area contributed by atoms with Crippen molar-refractivity contribution < 1.29 is 4.74 Å². The first-order valence-corrected chi connectivity index (χ1v) is 7.37. The minimum absolute atomic E-state index is 0.484. The molecule has 1 aliphatic carbocycles. The summed E-state index contributed by atoms with van der Waals surface area (Å²) in [6.45, 7) is 3.15. The highest BCUT2D eigenvalue weighted by Crippen LogP contribution is 2.38. The van der Waals surface area contributed by atoms with E-state index in [1.165, 1.54) is 25.7 Å². The summed E-state index contributed by atoms with van der Waals surface area (Å²) in [6, 6.07) is 0. The van der Waals surface area contributed by atoms with Crippen molar-refractivity contribution in [3.05, 3.63) is 16.0 Å². The summed E-state index contributed by atoms with van der Waals surface area (Å²) >= 11 is 3.63. The van der Waals surface area contributed by atoms with Gasteiger partial charge >= 0.3 is 0 Å². The lowest BCUT2D eigenvalue weighted by molar-refractivity contribution is 0.128. The van der Waals surface area contributed by atoms with Crippen LogP contribution >= 0.6 is 15.9 Å². The van der Waals surface area contributed by atoms with Crippen LogP contribution in [0.5, 0.6) is 0 Å². The Bertz CT molecular complexity index is 405. The fourth-order valence-corrected chi connectivity index (χ4v) is 3.11. The van der Waals surface area contributed by atoms with Gasteiger partial charge in [0.1, 0.15) is 12.4 Å². The molecular formula is C13H20BrN3O. The first kappa shape index (κ1) is 13.7. The molecule has 1 N–H and O–H groups in total. The van der Waals surface area contributed by atoms with E-state index in [1.54, 1.807) is 0 Å². The molecule has 4 nitrogen and oxygen atoms in total. The van der Waals surface area contributed by atoms with Crippen LogP contribution in [0.1, 0.15) is 50.0 Å². The number of rotatable bonds is 5. The standard InChI is InChI=1S/C13H20BrN3O/c1-3-18-8-10-16-12(9-6-4-5-7-9)11(14)13(15-2)17-10/h9H,3-8H2,1-2H3,(H,15,16,17). The van der Waals surface area contributed by atoms with Gasteiger partial charge in [0.15, 0.2) is 5.82 Å². The molecule has 5 heteroatoms. The maximum absolute atomic E-state index is 5.41. The molecule has 1 saturated carbocycles. The second-order valence-corrected chi connectivity index (χ2v) is 5.35. The van der Waals surface area contributed by atoms with Crippen molar-refractivity contribution in [1.29, 1.82) is 0 Å². The first-order chi connectivity index (χ1) is 8.76. The van der Waals surface area contributed by atoms with E-state index in [0.29, 0.717) is 19.1 Å². The summed E-state index contributed by atoms with van der Waals surface area (Å²) < 4.78 is 6.42. The molecule has 1 heterocycles. The molecule has 1 aromatic rings. The molecule has 0 spiro atoms. The molecule has 0 atom stereocenters. The quantitative estimate of drug-likeness (QED) is 0.904. The third-order valence-electron chi connectivity index (χ3n) is 3.34. The Hall–Kier alpha value is -0.680. The summed E-state index contributed by atoms with van der Waals surface area (Å²) in [5.74, 6) is 2.20. The highest BCUT2D eigenvalue weighted by atomic mass is 79.9. The zero-order valence-electron chi connectivity index (χ0n) is 11.0. The predicted molar refractivity (Wildman–Crippen MR) is 75.8 cm³/mol. The molecule has 1 fully saturated rings. The van der Waals surface area contributed by atoms with Crippen molar-refractivity contribution in [2.45, 2.75) is 45.1 Å². The smallest absolute Gasteiger partial charge is 0.156 e. The van der Waals surface area contributed by atoms with Gasteiger partial charge in [-0.3, -0.25) is 0 Å². The van der Waals surface area contributed by atoms with Crippen LogP contribution < -0.4 is 5.32 Å². The monoisotopic (exact) mass is 313 g/mol. The van der Waals surface area contributed by atoms with E-state index in [2.05, 4.69) is 31.2 Å². The molecule has 0 bridgehead atoms. The maximum Gasteiger partial charge on any atom is 0.156 e. The molecule has 1 aliphatic rings. The lowest BCUT2D eigenvalue weighted by Gasteiger charge is -2.15. The van der Waals surface area contributed by atoms with Crippen LogP contribution in [0, 0.1) is 0 Å². The SMILES string of the molecule is CCOCc1nc(NC)c(Br)c(C2CCCC2)n1. The topological polar surface area (TPSA) is 47.0 Å². The molecule has 100 valence electrons. The Labute approximate surface area is 117 Å². The van der Waals surface area contributed by atoms with Crippen molar-refractivity contribution in [3.63, 3.8) is 0 Å². The van der Waals surface area contributed by atoms with Gasteiger partial charge in [-0.05, 0) is 35.7 Å². The minimum atomic E-state index is 0.484. The Kier molecular flexibility index (Phi) is 4.95. The lowest BCUT2D eigenvalue weighted by Crippen LogP contribution is -2.09. The van der Waals surface area contributed by atoms with E-state index in [4.69, 9.17) is 4.74 Å². The number of hydrogen-bond donors (Lipinski definition) is 1. The average Bonchev–Trinajstić information content (AvgIpc) is 2.91. The second kappa shape index (κ2) is 6.48. The zero-order valence-corrected chi connectivity index (χ0v) is 12.6. The summed E-state index contributed by atoms with van der Waals surface area (Å²) in [7, 11) is 1.88. The number of anilines is 1. The maximum atomic E-state index is 5.41. The highest BCUT2D eigenvalue weighted by Gasteiger charge is 2.23. The summed E-state index contributed by atoms with van der Waals surface area (Å²) in [5, 5.41) is 3.12. The fourth-order valence-electron chi connectivity index (χ4n) is 2.41. The summed E-state index contributed by atoms with van der Waals surface area (Å²) in [6.07, 6.45) is 5.06. The van der Waals surface area contributed by atoms with Gasteiger partial charge in [0.25, 0.3) is 0 Å². The second-order valence-electron chi connectivity index (χ2n) is 4.56. The summed E-state index contributed by atoms with van der Waals surface area (Å²) in [4.78, 5) is 9.14. The zero-order chi connectivity index (χ0) is 13.0. The normalized spacial score (nSPS) is 16.2. The molecule has 1 aromatic heterocycles. The van der Waals surface area contributed by atoms with E-state index in [9.17, 15) is 0 Å². The Morgan fingerprint density at radius 3 is 2.67 bits per heavy atom. The predicted octanol–water partition coefficient (Wildman–Crippen LogP) is 3.47. The summed E-state index contributed by atoms with van der Waals surface area (Å²) in [5.41, 5.74) is 1.14. The van der Waals surface area contributed by atoms with Gasteiger partial charge in [-0.1, -0.05) is 12.8 Å². The minimum Gasteiger partial charge on any atom is -0.374 e. The van der Waals surface area contributed by atoms with E-state index in [-0.39, 0.29) is 0 Å². The van der Waals surface area contributed by atoms with E-state index >= 15 is 0 Å². The number of nitrogens with zero attached hydrogens (tertiary/aromatic N) is 2. The van der Waals surface area contributed by atoms with Gasteiger partial charge < -0.3 is 10.1 Å². The number of halogens is 1. The van der Waals surface area contributed by atoms with Crippen LogP contribution in [0.25, 0.3) is 0 Å². The first-order valence-electron chi connectivity index (χ1n) is 6.58. The number of hydrogen-bond acceptors (Lipinski definition) is 4. The molecule has 18 heavy (non-hydrogen) atoms. The van der Waals surface area contributed by atoms with Gasteiger partial charge in [-0.25, -0.2) is 9.97 Å². The molecule has 0 amide bonds. The number of ether oxygens (including phenoxy) is 1. The van der Waals surface area contributed by atoms with E-state index < -0.39 is 0 Å². The van der Waals surface area contributed by atoms with Crippen LogP contribution in [-0.2, 0) is 11.3 Å². The van der Waals surface area contributed by atoms with Gasteiger partial charge in [0, 0.05) is 19.6 Å². The number of aromatic nitrogens is 2. The molecule has 2 rings (SSSR count). The lowest BCUT2D eigenvalue weighted by atomic mass is 10.0. The van der Waals surface area contributed by atoms with Gasteiger partial charge in [0.05, 0.1) is 10.2 Å². The Morgan fingerprint density at radius 2 is 2.06 bits per heavy atom. The van der Waals surface area contributed by atoms with Crippen molar-refractivity contribution >= 4 is 21.7 Å². The van der Waals surface area contributed by atoms with Gasteiger partial charge in [-0.15, -0.1) is 0 Å². The van der Waals surface area contributed by atoms with Gasteiger partial charge in [0.2, 0.25) is 0 Å². The van der Waals surface area contributed by atoms with Gasteiger partial charge in [-0.2, -0.15) is 0 Å². The van der Waals surface area contributed by atoms with Crippen LogP contribution in [0.3, 0.4) is 0 Å². The highest BCUT2D eigenvalue weighted by molar-refractivity contribution is 9.10. The van der Waals surface area contributed by atoms with Crippen molar-refractivity contribution in [1.82, 2.24) is 9.97 Å². The average molecular weight is 314 g/mol. The number of nitrogens with one attached hydrogen (secondary N) is 1. The van der Waals surface area contributed by atoms with Crippen LogP contribution in [0.2, 0.25) is 0 Å². The largest absolute Gasteiger partial charge is 0.374 e. The molecule has 0 aromatic carbocycles. The fraction of sp³-hybridized carbons (Fsp3) is 0.692. The molecule has 0 saturated heterocycles. The molecule has 0 unspecified atom stereocenters. The van der Waals surface area contributed by atoms with Crippen LogP contribution in [0.4, 0.5) is 5.82 Å². The van der Waals surface area contributed by atoms with E-state index in [0.717, 1.165) is 21.8 Å².